The van der Waals surface area contributed by atoms with Crippen molar-refractivity contribution in [1.82, 2.24) is 9.78 Å². The van der Waals surface area contributed by atoms with Crippen molar-refractivity contribution in [3.63, 3.8) is 0 Å². The third kappa shape index (κ3) is 2.69. The Labute approximate surface area is 103 Å². The first-order valence-corrected chi connectivity index (χ1v) is 6.55. The van der Waals surface area contributed by atoms with E-state index < -0.39 is 5.60 Å². The minimum absolute atomic E-state index is 0.327. The molecule has 4 heteroatoms. The zero-order valence-electron chi connectivity index (χ0n) is 10.8. The predicted octanol–water partition coefficient (Wildman–Crippen LogP) is 1.50. The van der Waals surface area contributed by atoms with Crippen LogP contribution >= 0.6 is 0 Å². The number of nitrogens with two attached hydrogens (primary N) is 1. The van der Waals surface area contributed by atoms with Gasteiger partial charge < -0.3 is 10.8 Å². The first-order chi connectivity index (χ1) is 8.09. The fourth-order valence-electron chi connectivity index (χ4n) is 2.22. The molecule has 96 valence electrons. The fourth-order valence-corrected chi connectivity index (χ4v) is 2.22. The highest BCUT2D eigenvalue weighted by Crippen LogP contribution is 2.40. The number of aliphatic hydroxyl groups is 1. The quantitative estimate of drug-likeness (QED) is 0.788. The molecule has 4 nitrogen and oxygen atoms in total. The van der Waals surface area contributed by atoms with Gasteiger partial charge in [0, 0.05) is 25.2 Å². The normalized spacial score (nSPS) is 21.2. The Kier molecular flexibility index (Phi) is 3.54. The zero-order chi connectivity index (χ0) is 12.5. The lowest BCUT2D eigenvalue weighted by Gasteiger charge is -2.25. The summed E-state index contributed by atoms with van der Waals surface area (Å²) in [5, 5.41) is 15.0. The topological polar surface area (TPSA) is 64.1 Å². The molecule has 1 aliphatic rings. The Bertz CT molecular complexity index is 372. The van der Waals surface area contributed by atoms with Crippen molar-refractivity contribution >= 4 is 0 Å². The summed E-state index contributed by atoms with van der Waals surface area (Å²) in [7, 11) is 0. The van der Waals surface area contributed by atoms with Crippen LogP contribution in [0.1, 0.15) is 44.8 Å². The molecule has 0 aliphatic heterocycles. The lowest BCUT2D eigenvalue weighted by Crippen LogP contribution is -2.42. The molecule has 0 aromatic carbocycles. The molecule has 0 saturated heterocycles. The summed E-state index contributed by atoms with van der Waals surface area (Å²) < 4.78 is 1.97. The van der Waals surface area contributed by atoms with E-state index in [0.29, 0.717) is 24.9 Å². The van der Waals surface area contributed by atoms with Crippen molar-refractivity contribution in [3.8, 4) is 0 Å². The van der Waals surface area contributed by atoms with Crippen LogP contribution in [0.2, 0.25) is 0 Å². The highest BCUT2D eigenvalue weighted by atomic mass is 16.3. The zero-order valence-corrected chi connectivity index (χ0v) is 10.8. The fraction of sp³-hybridized carbons (Fsp3) is 0.769. The largest absolute Gasteiger partial charge is 0.388 e. The Balaban J connectivity index is 2.05. The molecule has 0 radical (unpaired) electrons. The summed E-state index contributed by atoms with van der Waals surface area (Å²) >= 11 is 0. The predicted molar refractivity (Wildman–Crippen MR) is 67.7 cm³/mol. The summed E-state index contributed by atoms with van der Waals surface area (Å²) in [6.45, 7) is 4.62. The van der Waals surface area contributed by atoms with E-state index in [4.69, 9.17) is 5.73 Å². The molecule has 1 fully saturated rings. The van der Waals surface area contributed by atoms with Gasteiger partial charge in [0.25, 0.3) is 0 Å². The molecule has 2 atom stereocenters. The molecule has 0 amide bonds. The van der Waals surface area contributed by atoms with Gasteiger partial charge in [0.2, 0.25) is 0 Å². The number of nitrogens with zero attached hydrogens (tertiary/aromatic N) is 2. The van der Waals surface area contributed by atoms with Crippen molar-refractivity contribution in [2.45, 2.75) is 51.2 Å². The summed E-state index contributed by atoms with van der Waals surface area (Å²) in [6.07, 6.45) is 5.83. The molecule has 1 saturated carbocycles. The molecule has 2 unspecified atom stereocenters. The van der Waals surface area contributed by atoms with E-state index in [1.165, 1.54) is 0 Å². The van der Waals surface area contributed by atoms with Crippen molar-refractivity contribution in [3.05, 3.63) is 18.0 Å². The second kappa shape index (κ2) is 4.78. The molecule has 17 heavy (non-hydrogen) atoms. The van der Waals surface area contributed by atoms with Crippen LogP contribution in [0.15, 0.2) is 12.3 Å². The summed E-state index contributed by atoms with van der Waals surface area (Å²) in [5.74, 6) is 0.376. The summed E-state index contributed by atoms with van der Waals surface area (Å²) in [4.78, 5) is 0. The van der Waals surface area contributed by atoms with Crippen LogP contribution in [-0.4, -0.2) is 27.0 Å². The van der Waals surface area contributed by atoms with Gasteiger partial charge in [-0.15, -0.1) is 0 Å². The van der Waals surface area contributed by atoms with Crippen molar-refractivity contribution < 1.29 is 5.11 Å². The second-order valence-electron chi connectivity index (χ2n) is 5.30. The minimum atomic E-state index is -0.741. The Morgan fingerprint density at radius 3 is 2.88 bits per heavy atom. The summed E-state index contributed by atoms with van der Waals surface area (Å²) in [5.41, 5.74) is 5.91. The molecular formula is C13H23N3O. The van der Waals surface area contributed by atoms with E-state index in [-0.39, 0.29) is 0 Å². The van der Waals surface area contributed by atoms with E-state index in [1.807, 2.05) is 16.9 Å². The van der Waals surface area contributed by atoms with Crippen LogP contribution < -0.4 is 5.73 Å². The SMILES string of the molecule is CCC(C)n1ccc(CC(O)(CN)C2CC2)n1. The molecule has 1 aliphatic carbocycles. The van der Waals surface area contributed by atoms with Gasteiger partial charge in [-0.2, -0.15) is 5.10 Å². The molecule has 3 N–H and O–H groups in total. The first-order valence-electron chi connectivity index (χ1n) is 6.55. The van der Waals surface area contributed by atoms with E-state index in [0.717, 1.165) is 25.0 Å². The van der Waals surface area contributed by atoms with Crippen LogP contribution in [0.5, 0.6) is 0 Å². The molecule has 0 bridgehead atoms. The Hall–Kier alpha value is -0.870. The lowest BCUT2D eigenvalue weighted by atomic mass is 9.92. The molecular weight excluding hydrogens is 214 g/mol. The van der Waals surface area contributed by atoms with Gasteiger partial charge >= 0.3 is 0 Å². The van der Waals surface area contributed by atoms with E-state index in [9.17, 15) is 5.11 Å². The Morgan fingerprint density at radius 1 is 1.65 bits per heavy atom. The van der Waals surface area contributed by atoms with Gasteiger partial charge in [-0.3, -0.25) is 4.68 Å². The lowest BCUT2D eigenvalue weighted by molar-refractivity contribution is 0.0256. The standard InChI is InChI=1S/C13H23N3O/c1-3-10(2)16-7-6-12(15-16)8-13(17,9-14)11-4-5-11/h6-7,10-11,17H,3-5,8-9,14H2,1-2H3. The van der Waals surface area contributed by atoms with Crippen molar-refractivity contribution in [2.24, 2.45) is 11.7 Å². The molecule has 1 aromatic rings. The summed E-state index contributed by atoms with van der Waals surface area (Å²) in [6, 6.07) is 2.41. The van der Waals surface area contributed by atoms with Gasteiger partial charge in [0.1, 0.15) is 0 Å². The van der Waals surface area contributed by atoms with Crippen molar-refractivity contribution in [1.29, 1.82) is 0 Å². The van der Waals surface area contributed by atoms with E-state index >= 15 is 0 Å². The van der Waals surface area contributed by atoms with Gasteiger partial charge in [-0.1, -0.05) is 6.92 Å². The van der Waals surface area contributed by atoms with Crippen LogP contribution in [0, 0.1) is 5.92 Å². The van der Waals surface area contributed by atoms with E-state index in [2.05, 4.69) is 18.9 Å². The van der Waals surface area contributed by atoms with Crippen LogP contribution in [-0.2, 0) is 6.42 Å². The number of aromatic nitrogens is 2. The molecule has 1 heterocycles. The van der Waals surface area contributed by atoms with Gasteiger partial charge in [0.05, 0.1) is 11.3 Å². The minimum Gasteiger partial charge on any atom is -0.388 e. The number of hydrogen-bond donors (Lipinski definition) is 2. The third-order valence-corrected chi connectivity index (χ3v) is 3.88. The maximum Gasteiger partial charge on any atom is 0.0853 e. The third-order valence-electron chi connectivity index (χ3n) is 3.88. The number of hydrogen-bond acceptors (Lipinski definition) is 3. The maximum atomic E-state index is 10.4. The smallest absolute Gasteiger partial charge is 0.0853 e. The molecule has 2 rings (SSSR count). The van der Waals surface area contributed by atoms with Gasteiger partial charge in [-0.25, -0.2) is 0 Å². The highest BCUT2D eigenvalue weighted by molar-refractivity contribution is 5.08. The monoisotopic (exact) mass is 237 g/mol. The van der Waals surface area contributed by atoms with Crippen LogP contribution in [0.25, 0.3) is 0 Å². The van der Waals surface area contributed by atoms with E-state index in [1.54, 1.807) is 0 Å². The molecule has 1 aromatic heterocycles. The van der Waals surface area contributed by atoms with Crippen LogP contribution in [0.4, 0.5) is 0 Å². The van der Waals surface area contributed by atoms with Gasteiger partial charge in [-0.05, 0) is 38.2 Å². The average molecular weight is 237 g/mol. The highest BCUT2D eigenvalue weighted by Gasteiger charge is 2.43. The second-order valence-corrected chi connectivity index (χ2v) is 5.30. The van der Waals surface area contributed by atoms with Crippen molar-refractivity contribution in [2.75, 3.05) is 6.54 Å². The number of rotatable bonds is 6. The maximum absolute atomic E-state index is 10.4. The van der Waals surface area contributed by atoms with Crippen LogP contribution in [0.3, 0.4) is 0 Å². The van der Waals surface area contributed by atoms with Gasteiger partial charge in [0.15, 0.2) is 0 Å². The average Bonchev–Trinajstić information content (AvgIpc) is 3.10. The Morgan fingerprint density at radius 2 is 2.35 bits per heavy atom. The molecule has 0 spiro atoms. The first kappa shape index (κ1) is 12.6.